The fourth-order valence-corrected chi connectivity index (χ4v) is 2.46. The number of rotatable bonds is 3. The smallest absolute Gasteiger partial charge is 0.239 e. The van der Waals surface area contributed by atoms with Crippen molar-refractivity contribution in [2.24, 2.45) is 0 Å². The van der Waals surface area contributed by atoms with E-state index in [-0.39, 0.29) is 17.8 Å². The van der Waals surface area contributed by atoms with Crippen molar-refractivity contribution < 1.29 is 9.18 Å². The van der Waals surface area contributed by atoms with Crippen molar-refractivity contribution in [3.63, 3.8) is 0 Å². The molecule has 1 amide bonds. The molecular weight excluding hydrogens is 231 g/mol. The van der Waals surface area contributed by atoms with E-state index in [0.29, 0.717) is 6.54 Å². The Kier molecular flexibility index (Phi) is 3.97. The van der Waals surface area contributed by atoms with Crippen LogP contribution in [0.2, 0.25) is 0 Å². The Hall–Kier alpha value is -1.42. The van der Waals surface area contributed by atoms with Gasteiger partial charge < -0.3 is 4.90 Å². The number of likely N-dealkylation sites (N-methyl/N-ethyl adjacent to an activating group) is 1. The first-order valence-electron chi connectivity index (χ1n) is 6.27. The van der Waals surface area contributed by atoms with Crippen molar-refractivity contribution >= 4 is 5.91 Å². The molecule has 0 aliphatic carbocycles. The predicted octanol–water partition coefficient (Wildman–Crippen LogP) is 1.88. The highest BCUT2D eigenvalue weighted by molar-refractivity contribution is 5.81. The molecule has 0 radical (unpaired) electrons. The summed E-state index contributed by atoms with van der Waals surface area (Å²) in [4.78, 5) is 15.8. The molecule has 1 aromatic rings. The number of benzene rings is 1. The number of nitrogens with zero attached hydrogens (tertiary/aromatic N) is 2. The summed E-state index contributed by atoms with van der Waals surface area (Å²) in [5, 5.41) is 0. The average Bonchev–Trinajstić information content (AvgIpc) is 2.76. The molecule has 0 spiro atoms. The van der Waals surface area contributed by atoms with Gasteiger partial charge in [-0.15, -0.1) is 0 Å². The maximum Gasteiger partial charge on any atom is 0.239 e. The molecule has 1 saturated heterocycles. The maximum atomic E-state index is 13.1. The van der Waals surface area contributed by atoms with E-state index in [0.717, 1.165) is 24.9 Å². The summed E-state index contributed by atoms with van der Waals surface area (Å²) in [6, 6.07) is 6.54. The normalized spacial score (nSPS) is 20.1. The monoisotopic (exact) mass is 250 g/mol. The number of likely N-dealkylation sites (tertiary alicyclic amines) is 1. The van der Waals surface area contributed by atoms with Gasteiger partial charge in [-0.25, -0.2) is 4.39 Å². The van der Waals surface area contributed by atoms with Crippen molar-refractivity contribution in [2.45, 2.75) is 25.4 Å². The summed E-state index contributed by atoms with van der Waals surface area (Å²) in [6.07, 6.45) is 1.92. The number of halogens is 1. The van der Waals surface area contributed by atoms with Crippen LogP contribution in [0.15, 0.2) is 24.3 Å². The zero-order valence-corrected chi connectivity index (χ0v) is 10.9. The van der Waals surface area contributed by atoms with E-state index in [9.17, 15) is 9.18 Å². The molecule has 1 aliphatic rings. The fraction of sp³-hybridized carbons (Fsp3) is 0.500. The van der Waals surface area contributed by atoms with Gasteiger partial charge in [0.15, 0.2) is 0 Å². The Bertz CT molecular complexity index is 434. The summed E-state index contributed by atoms with van der Waals surface area (Å²) in [6.45, 7) is 1.54. The van der Waals surface area contributed by atoms with Gasteiger partial charge in [0.2, 0.25) is 5.91 Å². The van der Waals surface area contributed by atoms with Crippen LogP contribution in [-0.4, -0.2) is 42.4 Å². The molecule has 1 heterocycles. The standard InChI is InChI=1S/C14H19FN2O/c1-16(2)14(18)13-7-4-8-17(13)10-11-5-3-6-12(15)9-11/h3,5-6,9,13H,4,7-8,10H2,1-2H3/t13-/m1/s1. The summed E-state index contributed by atoms with van der Waals surface area (Å²) in [7, 11) is 3.56. The second-order valence-electron chi connectivity index (χ2n) is 4.99. The van der Waals surface area contributed by atoms with Crippen LogP contribution in [0.5, 0.6) is 0 Å². The van der Waals surface area contributed by atoms with Crippen molar-refractivity contribution in [1.82, 2.24) is 9.80 Å². The third-order valence-electron chi connectivity index (χ3n) is 3.36. The summed E-state index contributed by atoms with van der Waals surface area (Å²) in [5.74, 6) is -0.0777. The third-order valence-corrected chi connectivity index (χ3v) is 3.36. The van der Waals surface area contributed by atoms with Gasteiger partial charge in [-0.05, 0) is 37.1 Å². The van der Waals surface area contributed by atoms with Gasteiger partial charge in [0.05, 0.1) is 6.04 Å². The lowest BCUT2D eigenvalue weighted by molar-refractivity contribution is -0.133. The van der Waals surface area contributed by atoms with Crippen LogP contribution in [0.3, 0.4) is 0 Å². The Morgan fingerprint density at radius 1 is 1.50 bits per heavy atom. The van der Waals surface area contributed by atoms with Gasteiger partial charge in [0, 0.05) is 20.6 Å². The molecule has 0 bridgehead atoms. The highest BCUT2D eigenvalue weighted by Gasteiger charge is 2.31. The predicted molar refractivity (Wildman–Crippen MR) is 68.5 cm³/mol. The number of carbonyl (C=O) groups excluding carboxylic acids is 1. The maximum absolute atomic E-state index is 13.1. The number of amides is 1. The first-order valence-corrected chi connectivity index (χ1v) is 6.27. The van der Waals surface area contributed by atoms with Crippen LogP contribution in [0.4, 0.5) is 4.39 Å². The van der Waals surface area contributed by atoms with Crippen molar-refractivity contribution in [1.29, 1.82) is 0 Å². The van der Waals surface area contributed by atoms with E-state index >= 15 is 0 Å². The van der Waals surface area contributed by atoms with E-state index in [1.165, 1.54) is 12.1 Å². The van der Waals surface area contributed by atoms with Gasteiger partial charge in [-0.2, -0.15) is 0 Å². The molecule has 3 nitrogen and oxygen atoms in total. The van der Waals surface area contributed by atoms with Gasteiger partial charge in [0.25, 0.3) is 0 Å². The molecule has 1 aliphatic heterocycles. The second kappa shape index (κ2) is 5.48. The number of carbonyl (C=O) groups is 1. The molecule has 0 saturated carbocycles. The van der Waals surface area contributed by atoms with E-state index in [4.69, 9.17) is 0 Å². The zero-order valence-electron chi connectivity index (χ0n) is 10.9. The van der Waals surface area contributed by atoms with E-state index < -0.39 is 0 Å². The summed E-state index contributed by atoms with van der Waals surface area (Å²) >= 11 is 0. The minimum atomic E-state index is -0.220. The van der Waals surface area contributed by atoms with Gasteiger partial charge in [0.1, 0.15) is 5.82 Å². The molecule has 0 unspecified atom stereocenters. The number of hydrogen-bond donors (Lipinski definition) is 0. The molecule has 4 heteroatoms. The Morgan fingerprint density at radius 2 is 2.28 bits per heavy atom. The molecule has 1 atom stereocenters. The topological polar surface area (TPSA) is 23.6 Å². The van der Waals surface area contributed by atoms with Crippen molar-refractivity contribution in [2.75, 3.05) is 20.6 Å². The van der Waals surface area contributed by atoms with Gasteiger partial charge in [-0.1, -0.05) is 12.1 Å². The second-order valence-corrected chi connectivity index (χ2v) is 4.99. The summed E-state index contributed by atoms with van der Waals surface area (Å²) in [5.41, 5.74) is 0.924. The lowest BCUT2D eigenvalue weighted by atomic mass is 10.1. The molecular formula is C14H19FN2O. The van der Waals surface area contributed by atoms with E-state index in [2.05, 4.69) is 4.90 Å². The molecule has 2 rings (SSSR count). The number of hydrogen-bond acceptors (Lipinski definition) is 2. The minimum Gasteiger partial charge on any atom is -0.347 e. The van der Waals surface area contributed by atoms with Crippen LogP contribution < -0.4 is 0 Å². The van der Waals surface area contributed by atoms with Crippen LogP contribution in [0, 0.1) is 5.82 Å². The Labute approximate surface area is 107 Å². The molecule has 1 aromatic carbocycles. The fourth-order valence-electron chi connectivity index (χ4n) is 2.46. The van der Waals surface area contributed by atoms with Crippen LogP contribution in [-0.2, 0) is 11.3 Å². The van der Waals surface area contributed by atoms with E-state index in [1.807, 2.05) is 6.07 Å². The quantitative estimate of drug-likeness (QED) is 0.817. The van der Waals surface area contributed by atoms with Crippen molar-refractivity contribution in [3.05, 3.63) is 35.6 Å². The van der Waals surface area contributed by atoms with Gasteiger partial charge in [-0.3, -0.25) is 9.69 Å². The first kappa shape index (κ1) is 13.0. The van der Waals surface area contributed by atoms with Crippen LogP contribution in [0.1, 0.15) is 18.4 Å². The Morgan fingerprint density at radius 3 is 2.94 bits per heavy atom. The average molecular weight is 250 g/mol. The lowest BCUT2D eigenvalue weighted by Gasteiger charge is -2.26. The van der Waals surface area contributed by atoms with Crippen LogP contribution >= 0.6 is 0 Å². The van der Waals surface area contributed by atoms with Crippen LogP contribution in [0.25, 0.3) is 0 Å². The van der Waals surface area contributed by atoms with E-state index in [1.54, 1.807) is 25.1 Å². The SMILES string of the molecule is CN(C)C(=O)[C@H]1CCCN1Cc1cccc(F)c1. The molecule has 98 valence electrons. The third kappa shape index (κ3) is 2.88. The summed E-state index contributed by atoms with van der Waals surface area (Å²) < 4.78 is 13.1. The molecule has 0 aromatic heterocycles. The highest BCUT2D eigenvalue weighted by Crippen LogP contribution is 2.21. The minimum absolute atomic E-state index is 0.0525. The Balaban J connectivity index is 2.06. The highest BCUT2D eigenvalue weighted by atomic mass is 19.1. The van der Waals surface area contributed by atoms with Gasteiger partial charge >= 0.3 is 0 Å². The molecule has 1 fully saturated rings. The van der Waals surface area contributed by atoms with Crippen molar-refractivity contribution in [3.8, 4) is 0 Å². The molecule has 0 N–H and O–H groups in total. The zero-order chi connectivity index (χ0) is 13.1. The first-order chi connectivity index (χ1) is 8.58. The lowest BCUT2D eigenvalue weighted by Crippen LogP contribution is -2.42. The largest absolute Gasteiger partial charge is 0.347 e. The molecule has 18 heavy (non-hydrogen) atoms.